The first-order valence-corrected chi connectivity index (χ1v) is 8.70. The van der Waals surface area contributed by atoms with E-state index in [9.17, 15) is 9.90 Å². The summed E-state index contributed by atoms with van der Waals surface area (Å²) < 4.78 is 5.42. The third-order valence-corrected chi connectivity index (χ3v) is 4.44. The Morgan fingerprint density at radius 1 is 1.04 bits per heavy atom. The fraction of sp³-hybridized carbons (Fsp3) is 0.350. The van der Waals surface area contributed by atoms with Crippen molar-refractivity contribution >= 4 is 11.6 Å². The molecule has 1 amide bonds. The fourth-order valence-electron chi connectivity index (χ4n) is 3.08. The van der Waals surface area contributed by atoms with Gasteiger partial charge in [-0.2, -0.15) is 0 Å². The average Bonchev–Trinajstić information content (AvgIpc) is 2.64. The Morgan fingerprint density at radius 2 is 1.72 bits per heavy atom. The molecule has 1 aliphatic rings. The lowest BCUT2D eigenvalue weighted by Crippen LogP contribution is -2.49. The van der Waals surface area contributed by atoms with E-state index in [1.165, 1.54) is 0 Å². The van der Waals surface area contributed by atoms with Crippen LogP contribution >= 0.6 is 0 Å². The number of rotatable bonds is 5. The number of piperazine rings is 1. The van der Waals surface area contributed by atoms with Crippen molar-refractivity contribution in [3.63, 3.8) is 0 Å². The zero-order chi connectivity index (χ0) is 17.6. The lowest BCUT2D eigenvalue weighted by molar-refractivity contribution is -0.130. The van der Waals surface area contributed by atoms with Crippen LogP contribution in [0, 0.1) is 0 Å². The highest BCUT2D eigenvalue weighted by Gasteiger charge is 2.22. The van der Waals surface area contributed by atoms with E-state index in [1.54, 1.807) is 6.07 Å². The Balaban J connectivity index is 1.54. The van der Waals surface area contributed by atoms with Crippen LogP contribution in [0.5, 0.6) is 11.5 Å². The molecule has 1 N–H and O–H groups in total. The predicted molar refractivity (Wildman–Crippen MR) is 98.2 cm³/mol. The average molecular weight is 340 g/mol. The molecule has 0 saturated carbocycles. The molecule has 1 heterocycles. The molecular weight excluding hydrogens is 316 g/mol. The molecule has 5 nitrogen and oxygen atoms in total. The second-order valence-corrected chi connectivity index (χ2v) is 6.11. The molecule has 2 aromatic rings. The first-order chi connectivity index (χ1) is 12.2. The highest BCUT2D eigenvalue weighted by atomic mass is 16.5. The van der Waals surface area contributed by atoms with Gasteiger partial charge in [0.05, 0.1) is 18.7 Å². The Kier molecular flexibility index (Phi) is 5.43. The zero-order valence-corrected chi connectivity index (χ0v) is 14.5. The number of benzene rings is 2. The van der Waals surface area contributed by atoms with Crippen molar-refractivity contribution < 1.29 is 14.6 Å². The number of hydrogen-bond donors (Lipinski definition) is 1. The van der Waals surface area contributed by atoms with E-state index in [2.05, 4.69) is 4.90 Å². The molecule has 1 saturated heterocycles. The van der Waals surface area contributed by atoms with Crippen molar-refractivity contribution in [3.05, 3.63) is 54.1 Å². The minimum absolute atomic E-state index is 0.140. The summed E-state index contributed by atoms with van der Waals surface area (Å²) in [6.45, 7) is 5.39. The van der Waals surface area contributed by atoms with Crippen LogP contribution in [0.4, 0.5) is 5.69 Å². The molecule has 0 unspecified atom stereocenters. The number of phenols is 1. The number of carbonyl (C=O) groups excluding carboxylic acids is 1. The lowest BCUT2D eigenvalue weighted by Gasteiger charge is -2.36. The summed E-state index contributed by atoms with van der Waals surface area (Å²) >= 11 is 0. The number of carbonyl (C=O) groups is 1. The molecule has 5 heteroatoms. The Hall–Kier alpha value is -2.69. The van der Waals surface area contributed by atoms with Gasteiger partial charge in [-0.1, -0.05) is 24.3 Å². The summed E-state index contributed by atoms with van der Waals surface area (Å²) in [7, 11) is 0. The number of hydrogen-bond acceptors (Lipinski definition) is 4. The highest BCUT2D eigenvalue weighted by Crippen LogP contribution is 2.27. The van der Waals surface area contributed by atoms with E-state index in [0.29, 0.717) is 26.1 Å². The lowest BCUT2D eigenvalue weighted by atomic mass is 10.1. The number of ether oxygens (including phenoxy) is 1. The van der Waals surface area contributed by atoms with E-state index in [-0.39, 0.29) is 11.7 Å². The van der Waals surface area contributed by atoms with Crippen molar-refractivity contribution in [3.8, 4) is 11.5 Å². The molecule has 2 aromatic carbocycles. The van der Waals surface area contributed by atoms with Crippen LogP contribution in [0.3, 0.4) is 0 Å². The quantitative estimate of drug-likeness (QED) is 0.909. The number of aromatic hydroxyl groups is 1. The van der Waals surface area contributed by atoms with Crippen LogP contribution in [0.2, 0.25) is 0 Å². The van der Waals surface area contributed by atoms with Crippen molar-refractivity contribution in [2.75, 3.05) is 37.7 Å². The molecule has 0 spiro atoms. The van der Waals surface area contributed by atoms with Crippen molar-refractivity contribution in [1.29, 1.82) is 0 Å². The van der Waals surface area contributed by atoms with Crippen LogP contribution in [0.15, 0.2) is 48.5 Å². The molecule has 0 atom stereocenters. The smallest absolute Gasteiger partial charge is 0.227 e. The van der Waals surface area contributed by atoms with Gasteiger partial charge in [0.25, 0.3) is 0 Å². The summed E-state index contributed by atoms with van der Waals surface area (Å²) in [5.41, 5.74) is 1.83. The summed E-state index contributed by atoms with van der Waals surface area (Å²) in [6.07, 6.45) is 0.406. The van der Waals surface area contributed by atoms with Gasteiger partial charge in [-0.15, -0.1) is 0 Å². The van der Waals surface area contributed by atoms with Crippen LogP contribution in [-0.2, 0) is 11.2 Å². The van der Waals surface area contributed by atoms with Gasteiger partial charge in [0.2, 0.25) is 5.91 Å². The maximum Gasteiger partial charge on any atom is 0.227 e. The summed E-state index contributed by atoms with van der Waals surface area (Å²) in [5.74, 6) is 1.26. The second kappa shape index (κ2) is 7.92. The van der Waals surface area contributed by atoms with Gasteiger partial charge in [-0.3, -0.25) is 4.79 Å². The maximum atomic E-state index is 12.5. The monoisotopic (exact) mass is 340 g/mol. The number of nitrogens with zero attached hydrogens (tertiary/aromatic N) is 2. The summed E-state index contributed by atoms with van der Waals surface area (Å²) in [4.78, 5) is 16.5. The van der Waals surface area contributed by atoms with E-state index in [0.717, 1.165) is 30.1 Å². The SMILES string of the molecule is CCOc1ccc(CC(=O)N2CCN(c3ccccc3O)CC2)cc1. The molecule has 0 aliphatic carbocycles. The third kappa shape index (κ3) is 4.24. The Bertz CT molecular complexity index is 707. The van der Waals surface area contributed by atoms with Crippen LogP contribution < -0.4 is 9.64 Å². The number of phenolic OH excluding ortho intramolecular Hbond substituents is 1. The van der Waals surface area contributed by atoms with Crippen LogP contribution in [0.1, 0.15) is 12.5 Å². The highest BCUT2D eigenvalue weighted by molar-refractivity contribution is 5.79. The minimum atomic E-state index is 0.140. The first kappa shape index (κ1) is 17.1. The first-order valence-electron chi connectivity index (χ1n) is 8.70. The third-order valence-electron chi connectivity index (χ3n) is 4.44. The van der Waals surface area contributed by atoms with Gasteiger partial charge >= 0.3 is 0 Å². The van der Waals surface area contributed by atoms with Crippen LogP contribution in [-0.4, -0.2) is 48.7 Å². The van der Waals surface area contributed by atoms with E-state index in [1.807, 2.05) is 54.3 Å². The van der Waals surface area contributed by atoms with E-state index in [4.69, 9.17) is 4.74 Å². The van der Waals surface area contributed by atoms with Gasteiger partial charge in [-0.25, -0.2) is 0 Å². The minimum Gasteiger partial charge on any atom is -0.506 e. The zero-order valence-electron chi connectivity index (χ0n) is 14.5. The van der Waals surface area contributed by atoms with Gasteiger partial charge < -0.3 is 19.6 Å². The van der Waals surface area contributed by atoms with Gasteiger partial charge in [0, 0.05) is 26.2 Å². The fourth-order valence-corrected chi connectivity index (χ4v) is 3.08. The van der Waals surface area contributed by atoms with Gasteiger partial charge in [0.1, 0.15) is 11.5 Å². The van der Waals surface area contributed by atoms with Crippen molar-refractivity contribution in [1.82, 2.24) is 4.90 Å². The molecule has 132 valence electrons. The molecule has 0 bridgehead atoms. The normalized spacial score (nSPS) is 14.4. The van der Waals surface area contributed by atoms with E-state index >= 15 is 0 Å². The Morgan fingerprint density at radius 3 is 2.36 bits per heavy atom. The van der Waals surface area contributed by atoms with E-state index < -0.39 is 0 Å². The molecular formula is C20H24N2O3. The maximum absolute atomic E-state index is 12.5. The topological polar surface area (TPSA) is 53.0 Å². The number of amides is 1. The molecule has 3 rings (SSSR count). The van der Waals surface area contributed by atoms with Gasteiger partial charge in [-0.05, 0) is 36.8 Å². The predicted octanol–water partition coefficient (Wildman–Crippen LogP) is 2.68. The Labute approximate surface area is 148 Å². The standard InChI is InChI=1S/C20H24N2O3/c1-2-25-17-9-7-16(8-10-17)15-20(24)22-13-11-21(12-14-22)18-5-3-4-6-19(18)23/h3-10,23H,2,11-15H2,1H3. The van der Waals surface area contributed by atoms with Crippen molar-refractivity contribution in [2.45, 2.75) is 13.3 Å². The molecule has 25 heavy (non-hydrogen) atoms. The molecule has 1 fully saturated rings. The molecule has 0 aromatic heterocycles. The number of para-hydroxylation sites is 2. The van der Waals surface area contributed by atoms with Crippen LogP contribution in [0.25, 0.3) is 0 Å². The summed E-state index contributed by atoms with van der Waals surface area (Å²) in [6, 6.07) is 15.0. The molecule has 0 radical (unpaired) electrons. The van der Waals surface area contributed by atoms with Crippen molar-refractivity contribution in [2.24, 2.45) is 0 Å². The number of anilines is 1. The van der Waals surface area contributed by atoms with Gasteiger partial charge in [0.15, 0.2) is 0 Å². The largest absolute Gasteiger partial charge is 0.506 e. The molecule has 1 aliphatic heterocycles. The summed E-state index contributed by atoms with van der Waals surface area (Å²) in [5, 5.41) is 9.96. The second-order valence-electron chi connectivity index (χ2n) is 6.11.